The van der Waals surface area contributed by atoms with Crippen LogP contribution in [0.25, 0.3) is 0 Å². The average molecular weight is 304 g/mol. The van der Waals surface area contributed by atoms with Crippen LogP contribution in [0.1, 0.15) is 26.7 Å². The summed E-state index contributed by atoms with van der Waals surface area (Å²) in [6, 6.07) is 4.83. The number of amides is 1. The number of carbonyl (C=O) groups excluding carboxylic acids is 1. The van der Waals surface area contributed by atoms with E-state index in [0.29, 0.717) is 12.2 Å². The molecule has 0 radical (unpaired) electrons. The van der Waals surface area contributed by atoms with E-state index in [9.17, 15) is 18.0 Å². The summed E-state index contributed by atoms with van der Waals surface area (Å²) in [5, 5.41) is 5.58. The van der Waals surface area contributed by atoms with E-state index in [2.05, 4.69) is 15.4 Å². The number of unbranched alkanes of at least 4 members (excludes halogenated alkanes) is 1. The summed E-state index contributed by atoms with van der Waals surface area (Å²) >= 11 is 0. The lowest BCUT2D eigenvalue weighted by Crippen LogP contribution is -2.38. The van der Waals surface area contributed by atoms with Gasteiger partial charge >= 0.3 is 6.36 Å². The lowest BCUT2D eigenvalue weighted by Gasteiger charge is -2.16. The number of alkyl halides is 3. The van der Waals surface area contributed by atoms with Gasteiger partial charge in [0.1, 0.15) is 11.8 Å². The van der Waals surface area contributed by atoms with Gasteiger partial charge in [0.15, 0.2) is 0 Å². The van der Waals surface area contributed by atoms with Crippen LogP contribution in [0.2, 0.25) is 0 Å². The van der Waals surface area contributed by atoms with Gasteiger partial charge in [-0.2, -0.15) is 0 Å². The third kappa shape index (κ3) is 6.87. The first-order chi connectivity index (χ1) is 9.81. The van der Waals surface area contributed by atoms with Crippen molar-refractivity contribution in [2.75, 3.05) is 11.9 Å². The predicted molar refractivity (Wildman–Crippen MR) is 74.1 cm³/mol. The Kier molecular flexibility index (Phi) is 6.33. The monoisotopic (exact) mass is 304 g/mol. The molecule has 1 atom stereocenters. The van der Waals surface area contributed by atoms with Crippen molar-refractivity contribution >= 4 is 11.6 Å². The zero-order valence-electron chi connectivity index (χ0n) is 12.0. The van der Waals surface area contributed by atoms with E-state index < -0.39 is 12.4 Å². The second-order valence-electron chi connectivity index (χ2n) is 4.59. The van der Waals surface area contributed by atoms with E-state index in [-0.39, 0.29) is 11.7 Å². The average Bonchev–Trinajstić information content (AvgIpc) is 2.37. The minimum atomic E-state index is -4.73. The first-order valence-electron chi connectivity index (χ1n) is 6.72. The van der Waals surface area contributed by atoms with Crippen LogP contribution in [0, 0.1) is 0 Å². The fraction of sp³-hybridized carbons (Fsp3) is 0.500. The van der Waals surface area contributed by atoms with Gasteiger partial charge in [-0.25, -0.2) is 0 Å². The Labute approximate surface area is 121 Å². The van der Waals surface area contributed by atoms with Gasteiger partial charge in [-0.1, -0.05) is 19.4 Å². The molecule has 4 nitrogen and oxygen atoms in total. The van der Waals surface area contributed by atoms with Crippen molar-refractivity contribution in [1.82, 2.24) is 5.32 Å². The predicted octanol–water partition coefficient (Wildman–Crippen LogP) is 3.30. The van der Waals surface area contributed by atoms with Gasteiger partial charge in [-0.15, -0.1) is 13.2 Å². The number of nitrogens with one attached hydrogen (secondary N) is 2. The van der Waals surface area contributed by atoms with Gasteiger partial charge in [-0.3, -0.25) is 4.79 Å². The van der Waals surface area contributed by atoms with E-state index in [0.717, 1.165) is 12.8 Å². The van der Waals surface area contributed by atoms with Gasteiger partial charge in [0, 0.05) is 18.3 Å². The fourth-order valence-corrected chi connectivity index (χ4v) is 1.64. The van der Waals surface area contributed by atoms with Crippen LogP contribution >= 0.6 is 0 Å². The van der Waals surface area contributed by atoms with Crippen molar-refractivity contribution in [2.45, 2.75) is 39.1 Å². The Bertz CT molecular complexity index is 464. The number of rotatable bonds is 7. The number of anilines is 1. The zero-order valence-corrected chi connectivity index (χ0v) is 12.0. The summed E-state index contributed by atoms with van der Waals surface area (Å²) in [7, 11) is 0. The number of hydrogen-bond acceptors (Lipinski definition) is 3. The lowest BCUT2D eigenvalue weighted by molar-refractivity contribution is -0.274. The van der Waals surface area contributed by atoms with Crippen LogP contribution in [0.15, 0.2) is 24.3 Å². The summed E-state index contributed by atoms with van der Waals surface area (Å²) in [6.07, 6.45) is -2.88. The molecule has 0 saturated heterocycles. The molecule has 2 N–H and O–H groups in total. The molecule has 1 amide bonds. The van der Waals surface area contributed by atoms with E-state index in [4.69, 9.17) is 0 Å². The topological polar surface area (TPSA) is 50.4 Å². The van der Waals surface area contributed by atoms with Gasteiger partial charge in [-0.05, 0) is 25.5 Å². The van der Waals surface area contributed by atoms with Gasteiger partial charge in [0.2, 0.25) is 5.91 Å². The lowest BCUT2D eigenvalue weighted by atomic mass is 10.2. The second kappa shape index (κ2) is 7.75. The van der Waals surface area contributed by atoms with Crippen molar-refractivity contribution in [3.8, 4) is 5.75 Å². The SMILES string of the molecule is CCCCNC(=O)C(C)Nc1cccc(OC(F)(F)F)c1. The fourth-order valence-electron chi connectivity index (χ4n) is 1.64. The molecular formula is C14H19F3N2O2. The van der Waals surface area contributed by atoms with Gasteiger partial charge in [0.05, 0.1) is 0 Å². The minimum Gasteiger partial charge on any atom is -0.406 e. The summed E-state index contributed by atoms with van der Waals surface area (Å²) in [6.45, 7) is 4.23. The summed E-state index contributed by atoms with van der Waals surface area (Å²) < 4.78 is 40.2. The first kappa shape index (κ1) is 17.1. The number of hydrogen-bond donors (Lipinski definition) is 2. The molecule has 0 heterocycles. The van der Waals surface area contributed by atoms with Gasteiger partial charge < -0.3 is 15.4 Å². The molecule has 7 heteroatoms. The van der Waals surface area contributed by atoms with Crippen LogP contribution in [0.5, 0.6) is 5.75 Å². The molecule has 0 bridgehead atoms. The molecule has 1 aromatic carbocycles. The molecule has 0 aliphatic rings. The second-order valence-corrected chi connectivity index (χ2v) is 4.59. The Morgan fingerprint density at radius 2 is 2.10 bits per heavy atom. The number of benzene rings is 1. The maximum absolute atomic E-state index is 12.1. The minimum absolute atomic E-state index is 0.203. The maximum atomic E-state index is 12.1. The number of halogens is 3. The summed E-state index contributed by atoms with van der Waals surface area (Å²) in [5.74, 6) is -0.531. The molecule has 1 unspecified atom stereocenters. The van der Waals surface area contributed by atoms with Crippen molar-refractivity contribution in [2.24, 2.45) is 0 Å². The first-order valence-corrected chi connectivity index (χ1v) is 6.72. The molecule has 0 fully saturated rings. The van der Waals surface area contributed by atoms with Crippen LogP contribution in [-0.2, 0) is 4.79 Å². The Morgan fingerprint density at radius 3 is 2.71 bits per heavy atom. The molecule has 1 aromatic rings. The standard InChI is InChI=1S/C14H19F3N2O2/c1-3-4-8-18-13(20)10(2)19-11-6-5-7-12(9-11)21-14(15,16)17/h5-7,9-10,19H,3-4,8H2,1-2H3,(H,18,20). The number of ether oxygens (including phenoxy) is 1. The van der Waals surface area contributed by atoms with Crippen molar-refractivity contribution in [1.29, 1.82) is 0 Å². The largest absolute Gasteiger partial charge is 0.573 e. The highest BCUT2D eigenvalue weighted by Crippen LogP contribution is 2.25. The summed E-state index contributed by atoms with van der Waals surface area (Å²) in [5.41, 5.74) is 0.384. The quantitative estimate of drug-likeness (QED) is 0.760. The van der Waals surface area contributed by atoms with Crippen molar-refractivity contribution < 1.29 is 22.7 Å². The highest BCUT2D eigenvalue weighted by atomic mass is 19.4. The van der Waals surface area contributed by atoms with Crippen LogP contribution < -0.4 is 15.4 Å². The van der Waals surface area contributed by atoms with Crippen LogP contribution in [0.3, 0.4) is 0 Å². The van der Waals surface area contributed by atoms with Gasteiger partial charge in [0.25, 0.3) is 0 Å². The van der Waals surface area contributed by atoms with E-state index >= 15 is 0 Å². The third-order valence-corrected chi connectivity index (χ3v) is 2.67. The number of carbonyl (C=O) groups is 1. The molecule has 118 valence electrons. The Balaban J connectivity index is 2.57. The third-order valence-electron chi connectivity index (χ3n) is 2.67. The van der Waals surface area contributed by atoms with E-state index in [1.807, 2.05) is 6.92 Å². The molecule has 0 aliphatic heterocycles. The molecular weight excluding hydrogens is 285 g/mol. The molecule has 0 aromatic heterocycles. The van der Waals surface area contributed by atoms with E-state index in [1.165, 1.54) is 18.2 Å². The maximum Gasteiger partial charge on any atom is 0.573 e. The normalized spacial score (nSPS) is 12.6. The molecule has 0 saturated carbocycles. The highest BCUT2D eigenvalue weighted by Gasteiger charge is 2.31. The van der Waals surface area contributed by atoms with E-state index in [1.54, 1.807) is 13.0 Å². The highest BCUT2D eigenvalue weighted by molar-refractivity contribution is 5.84. The molecule has 0 spiro atoms. The molecule has 0 aliphatic carbocycles. The Hall–Kier alpha value is -1.92. The molecule has 21 heavy (non-hydrogen) atoms. The van der Waals surface area contributed by atoms with Crippen LogP contribution in [-0.4, -0.2) is 24.9 Å². The smallest absolute Gasteiger partial charge is 0.406 e. The molecule has 1 rings (SSSR count). The zero-order chi connectivity index (χ0) is 15.9. The summed E-state index contributed by atoms with van der Waals surface area (Å²) in [4.78, 5) is 11.8. The Morgan fingerprint density at radius 1 is 1.38 bits per heavy atom. The van der Waals surface area contributed by atoms with Crippen molar-refractivity contribution in [3.63, 3.8) is 0 Å². The van der Waals surface area contributed by atoms with Crippen LogP contribution in [0.4, 0.5) is 18.9 Å². The van der Waals surface area contributed by atoms with Crippen molar-refractivity contribution in [3.05, 3.63) is 24.3 Å².